The van der Waals surface area contributed by atoms with Crippen molar-refractivity contribution in [1.29, 1.82) is 0 Å². The van der Waals surface area contributed by atoms with Gasteiger partial charge in [-0.05, 0) is 48.7 Å². The highest BCUT2D eigenvalue weighted by molar-refractivity contribution is 7.21. The number of halogens is 1. The van der Waals surface area contributed by atoms with Gasteiger partial charge in [0.2, 0.25) is 0 Å². The Morgan fingerprint density at radius 2 is 1.85 bits per heavy atom. The van der Waals surface area contributed by atoms with E-state index in [4.69, 9.17) is 10.1 Å². The number of amides is 1. The molecule has 0 saturated heterocycles. The number of nitrogens with zero attached hydrogens (tertiary/aromatic N) is 2. The fourth-order valence-corrected chi connectivity index (χ4v) is 4.99. The first-order valence-corrected chi connectivity index (χ1v) is 11.5. The monoisotopic (exact) mass is 477 g/mol. The van der Waals surface area contributed by atoms with Crippen LogP contribution in [0.2, 0.25) is 0 Å². The largest absolute Gasteiger partial charge is 0.481 e. The van der Waals surface area contributed by atoms with E-state index in [9.17, 15) is 19.1 Å². The first kappa shape index (κ1) is 22.1. The van der Waals surface area contributed by atoms with Crippen molar-refractivity contribution in [2.75, 3.05) is 5.32 Å². The average molecular weight is 478 g/mol. The first-order valence-electron chi connectivity index (χ1n) is 10.7. The number of hydrogen-bond donors (Lipinski definition) is 3. The van der Waals surface area contributed by atoms with Crippen LogP contribution in [0.3, 0.4) is 0 Å². The summed E-state index contributed by atoms with van der Waals surface area (Å²) in [6.07, 6.45) is -0.400. The van der Waals surface area contributed by atoms with Crippen LogP contribution in [0.25, 0.3) is 20.9 Å². The van der Waals surface area contributed by atoms with E-state index in [2.05, 4.69) is 22.4 Å². The van der Waals surface area contributed by atoms with Crippen molar-refractivity contribution in [3.8, 4) is 10.6 Å². The fourth-order valence-electron chi connectivity index (χ4n) is 4.02. The third kappa shape index (κ3) is 4.15. The molecular weight excluding hydrogens is 457 g/mol. The fraction of sp³-hybridized carbons (Fsp3) is 0.200. The second kappa shape index (κ2) is 8.58. The Balaban J connectivity index is 1.39. The molecule has 34 heavy (non-hydrogen) atoms. The van der Waals surface area contributed by atoms with Crippen molar-refractivity contribution in [2.45, 2.75) is 30.8 Å². The number of carbonyl (C=O) groups is 2. The molecule has 3 N–H and O–H groups in total. The summed E-state index contributed by atoms with van der Waals surface area (Å²) in [5.41, 5.74) is 3.20. The number of fused-ring (bicyclic) bond motifs is 1. The number of carboxylic acid groups (broad SMARTS) is 1. The maximum absolute atomic E-state index is 14.9. The zero-order chi connectivity index (χ0) is 23.9. The molecule has 7 nitrogen and oxygen atoms in total. The van der Waals surface area contributed by atoms with Crippen molar-refractivity contribution in [1.82, 2.24) is 9.97 Å². The molecule has 1 amide bonds. The highest BCUT2D eigenvalue weighted by atomic mass is 32.1. The lowest BCUT2D eigenvalue weighted by Crippen LogP contribution is -2.29. The predicted octanol–water partition coefficient (Wildman–Crippen LogP) is 4.35. The van der Waals surface area contributed by atoms with Crippen molar-refractivity contribution >= 4 is 39.2 Å². The van der Waals surface area contributed by atoms with Crippen LogP contribution in [0, 0.1) is 5.82 Å². The number of aliphatic hydroxyl groups excluding tert-OH is 1. The molecule has 172 valence electrons. The molecule has 0 radical (unpaired) electrons. The van der Waals surface area contributed by atoms with Crippen LogP contribution >= 0.6 is 11.3 Å². The van der Waals surface area contributed by atoms with Crippen LogP contribution < -0.4 is 5.32 Å². The lowest BCUT2D eigenvalue weighted by atomic mass is 9.92. The number of aliphatic carboxylic acids is 1. The molecule has 2 aromatic carbocycles. The van der Waals surface area contributed by atoms with Gasteiger partial charge in [0.1, 0.15) is 27.3 Å². The number of nitrogens with one attached hydrogen (secondary N) is 1. The van der Waals surface area contributed by atoms with E-state index >= 15 is 0 Å². The molecule has 1 saturated carbocycles. The predicted molar refractivity (Wildman–Crippen MR) is 126 cm³/mol. The minimum absolute atomic E-state index is 0.0735. The zero-order valence-corrected chi connectivity index (χ0v) is 18.7. The van der Waals surface area contributed by atoms with Crippen LogP contribution in [0.5, 0.6) is 0 Å². The number of thiazole rings is 1. The second-order valence-electron chi connectivity index (χ2n) is 8.29. The van der Waals surface area contributed by atoms with Gasteiger partial charge in [0, 0.05) is 16.7 Å². The molecular formula is C25H20FN3O4S. The van der Waals surface area contributed by atoms with Crippen LogP contribution in [-0.2, 0) is 15.0 Å². The summed E-state index contributed by atoms with van der Waals surface area (Å²) < 4.78 is 14.9. The molecule has 1 fully saturated rings. The van der Waals surface area contributed by atoms with Gasteiger partial charge in [-0.2, -0.15) is 0 Å². The molecule has 2 aromatic heterocycles. The van der Waals surface area contributed by atoms with Gasteiger partial charge < -0.3 is 15.5 Å². The molecule has 4 aromatic rings. The van der Waals surface area contributed by atoms with Crippen LogP contribution in [0.1, 0.15) is 30.5 Å². The second-order valence-corrected chi connectivity index (χ2v) is 9.26. The van der Waals surface area contributed by atoms with Gasteiger partial charge in [0.15, 0.2) is 0 Å². The molecule has 9 heteroatoms. The van der Waals surface area contributed by atoms with Gasteiger partial charge >= 0.3 is 5.97 Å². The van der Waals surface area contributed by atoms with Crippen molar-refractivity contribution in [3.05, 3.63) is 77.7 Å². The standard InChI is InChI=1S/C25H20FN3O4S/c26-17-12-15(27-22(33)19(30)13-21(31)32)6-7-16(17)23-28-18-8-9-20(29-24(18)34-23)25(10-11-25)14-4-2-1-3-5-14/h1-9,12,19,30H,10-11,13H2,(H,27,33)(H,31,32)/t19-/m1/s1. The summed E-state index contributed by atoms with van der Waals surface area (Å²) in [5, 5.41) is 21.0. The van der Waals surface area contributed by atoms with Gasteiger partial charge in [-0.15, -0.1) is 0 Å². The van der Waals surface area contributed by atoms with E-state index in [-0.39, 0.29) is 16.7 Å². The molecule has 0 aliphatic heterocycles. The highest BCUT2D eigenvalue weighted by Crippen LogP contribution is 2.53. The Morgan fingerprint density at radius 3 is 2.53 bits per heavy atom. The summed E-state index contributed by atoms with van der Waals surface area (Å²) in [4.78, 5) is 32.6. The molecule has 1 aliphatic carbocycles. The van der Waals surface area contributed by atoms with Crippen LogP contribution in [0.15, 0.2) is 60.7 Å². The van der Waals surface area contributed by atoms with Gasteiger partial charge in [0.05, 0.1) is 12.1 Å². The number of rotatable bonds is 7. The summed E-state index contributed by atoms with van der Waals surface area (Å²) in [6, 6.07) is 18.3. The lowest BCUT2D eigenvalue weighted by Gasteiger charge is -2.14. The quantitative estimate of drug-likeness (QED) is 0.365. The third-order valence-corrected chi connectivity index (χ3v) is 6.96. The summed E-state index contributed by atoms with van der Waals surface area (Å²) in [5.74, 6) is -2.83. The Hall–Kier alpha value is -3.69. The van der Waals surface area contributed by atoms with E-state index < -0.39 is 30.2 Å². The Labute approximate surface area is 197 Å². The number of benzene rings is 2. The molecule has 0 unspecified atom stereocenters. The van der Waals surface area contributed by atoms with Crippen molar-refractivity contribution in [3.63, 3.8) is 0 Å². The maximum Gasteiger partial charge on any atom is 0.306 e. The van der Waals surface area contributed by atoms with Gasteiger partial charge in [0.25, 0.3) is 5.91 Å². The lowest BCUT2D eigenvalue weighted by molar-refractivity contribution is -0.142. The molecule has 5 rings (SSSR count). The minimum atomic E-state index is -1.73. The zero-order valence-electron chi connectivity index (χ0n) is 17.9. The van der Waals surface area contributed by atoms with Gasteiger partial charge in [-0.3, -0.25) is 9.59 Å². The first-order chi connectivity index (χ1) is 16.4. The number of pyridine rings is 1. The van der Waals surface area contributed by atoms with E-state index in [0.29, 0.717) is 10.5 Å². The van der Waals surface area contributed by atoms with Crippen molar-refractivity contribution in [2.24, 2.45) is 0 Å². The Morgan fingerprint density at radius 1 is 1.09 bits per heavy atom. The number of aliphatic hydroxyl groups is 1. The Bertz CT molecular complexity index is 1400. The Kier molecular flexibility index (Phi) is 5.59. The van der Waals surface area contributed by atoms with Gasteiger partial charge in [-0.25, -0.2) is 14.4 Å². The number of carbonyl (C=O) groups excluding carboxylic acids is 1. The highest BCUT2D eigenvalue weighted by Gasteiger charge is 2.47. The molecule has 0 bridgehead atoms. The minimum Gasteiger partial charge on any atom is -0.481 e. The van der Waals surface area contributed by atoms with E-state index in [0.717, 1.165) is 29.4 Å². The number of aromatic nitrogens is 2. The SMILES string of the molecule is O=C(O)C[C@@H](O)C(=O)Nc1ccc(-c2nc3ccc(C4(c5ccccc5)CC4)nc3s2)c(F)c1. The van der Waals surface area contributed by atoms with Crippen LogP contribution in [0.4, 0.5) is 10.1 Å². The van der Waals surface area contributed by atoms with E-state index in [1.165, 1.54) is 29.0 Å². The topological polar surface area (TPSA) is 112 Å². The van der Waals surface area contributed by atoms with Crippen molar-refractivity contribution < 1.29 is 24.2 Å². The van der Waals surface area contributed by atoms with Gasteiger partial charge in [-0.1, -0.05) is 41.7 Å². The van der Waals surface area contributed by atoms with E-state index in [1.807, 2.05) is 30.3 Å². The molecule has 0 spiro atoms. The normalized spacial score (nSPS) is 15.1. The molecule has 2 heterocycles. The summed E-state index contributed by atoms with van der Waals surface area (Å²) in [6.45, 7) is 0. The number of anilines is 1. The summed E-state index contributed by atoms with van der Waals surface area (Å²) in [7, 11) is 0. The molecule has 1 atom stereocenters. The maximum atomic E-state index is 14.9. The van der Waals surface area contributed by atoms with Crippen LogP contribution in [-0.4, -0.2) is 38.2 Å². The molecule has 1 aliphatic rings. The smallest absolute Gasteiger partial charge is 0.306 e. The number of hydrogen-bond acceptors (Lipinski definition) is 6. The third-order valence-electron chi connectivity index (χ3n) is 5.96. The average Bonchev–Trinajstić information content (AvgIpc) is 3.52. The van der Waals surface area contributed by atoms with E-state index in [1.54, 1.807) is 0 Å². The summed E-state index contributed by atoms with van der Waals surface area (Å²) >= 11 is 1.29. The number of carboxylic acids is 1.